The summed E-state index contributed by atoms with van der Waals surface area (Å²) in [5.41, 5.74) is 0. The Morgan fingerprint density at radius 1 is 1.10 bits per heavy atom. The zero-order chi connectivity index (χ0) is 16.3. The number of carbonyl (C=O) groups excluding carboxylic acids is 4. The maximum atomic E-state index is 11.4. The molecule has 9 heteroatoms. The molecule has 0 aliphatic carbocycles. The summed E-state index contributed by atoms with van der Waals surface area (Å²) < 4.78 is 13.1. The van der Waals surface area contributed by atoms with Crippen molar-refractivity contribution in [3.8, 4) is 0 Å². The van der Waals surface area contributed by atoms with Gasteiger partial charge in [-0.05, 0) is 6.92 Å². The molecule has 0 spiro atoms. The highest BCUT2D eigenvalue weighted by atomic mass is 16.6. The first kappa shape index (κ1) is 18.2. The van der Waals surface area contributed by atoms with E-state index in [0.29, 0.717) is 0 Å². The van der Waals surface area contributed by atoms with E-state index >= 15 is 0 Å². The Kier molecular flexibility index (Phi) is 8.65. The van der Waals surface area contributed by atoms with Crippen molar-refractivity contribution < 1.29 is 33.4 Å². The molecule has 2 N–H and O–H groups in total. The predicted molar refractivity (Wildman–Crippen MR) is 69.7 cm³/mol. The van der Waals surface area contributed by atoms with Crippen molar-refractivity contribution >= 4 is 24.1 Å². The maximum absolute atomic E-state index is 11.4. The van der Waals surface area contributed by atoms with Gasteiger partial charge in [-0.15, -0.1) is 0 Å². The van der Waals surface area contributed by atoms with Crippen LogP contribution in [0.4, 0.5) is 9.59 Å². The van der Waals surface area contributed by atoms with Crippen LogP contribution in [0.1, 0.15) is 13.3 Å². The van der Waals surface area contributed by atoms with Crippen LogP contribution in [0.25, 0.3) is 0 Å². The Balaban J connectivity index is 4.00. The number of esters is 2. The Morgan fingerprint density at radius 3 is 2.24 bits per heavy atom. The Hall–Kier alpha value is -2.84. The first-order chi connectivity index (χ1) is 9.90. The lowest BCUT2D eigenvalue weighted by molar-refractivity contribution is -0.160. The highest BCUT2D eigenvalue weighted by molar-refractivity contribution is 5.90. The van der Waals surface area contributed by atoms with Gasteiger partial charge in [0.15, 0.2) is 0 Å². The molecule has 0 radical (unpaired) electrons. The second-order valence-corrected chi connectivity index (χ2v) is 3.48. The van der Waals surface area contributed by atoms with E-state index in [9.17, 15) is 19.2 Å². The van der Waals surface area contributed by atoms with Crippen LogP contribution in [0.15, 0.2) is 25.7 Å². The van der Waals surface area contributed by atoms with Crippen molar-refractivity contribution in [3.05, 3.63) is 25.7 Å². The number of hydrogen-bond donors (Lipinski definition) is 2. The SMILES string of the molecule is C=COC(=O)NCCC(=O)OC(=O)[C@H](C)NC(=O)OC=C. The fourth-order valence-corrected chi connectivity index (χ4v) is 0.981. The lowest BCUT2D eigenvalue weighted by Crippen LogP contribution is -2.40. The van der Waals surface area contributed by atoms with Gasteiger partial charge in [0.05, 0.1) is 18.9 Å². The van der Waals surface area contributed by atoms with E-state index in [-0.39, 0.29) is 13.0 Å². The van der Waals surface area contributed by atoms with Crippen molar-refractivity contribution in [3.63, 3.8) is 0 Å². The van der Waals surface area contributed by atoms with Crippen LogP contribution in [0.5, 0.6) is 0 Å². The Bertz CT molecular complexity index is 433. The van der Waals surface area contributed by atoms with Crippen molar-refractivity contribution in [2.45, 2.75) is 19.4 Å². The second-order valence-electron chi connectivity index (χ2n) is 3.48. The first-order valence-electron chi connectivity index (χ1n) is 5.78. The molecule has 1 atom stereocenters. The summed E-state index contributed by atoms with van der Waals surface area (Å²) >= 11 is 0. The van der Waals surface area contributed by atoms with Crippen LogP contribution in [0.2, 0.25) is 0 Å². The monoisotopic (exact) mass is 300 g/mol. The van der Waals surface area contributed by atoms with Gasteiger partial charge in [0.25, 0.3) is 0 Å². The molecule has 9 nitrogen and oxygen atoms in total. The van der Waals surface area contributed by atoms with Gasteiger partial charge in [-0.3, -0.25) is 4.79 Å². The van der Waals surface area contributed by atoms with Crippen LogP contribution in [0.3, 0.4) is 0 Å². The third-order valence-electron chi connectivity index (χ3n) is 1.88. The van der Waals surface area contributed by atoms with E-state index in [4.69, 9.17) is 0 Å². The topological polar surface area (TPSA) is 120 Å². The Morgan fingerprint density at radius 2 is 1.67 bits per heavy atom. The molecule has 0 bridgehead atoms. The van der Waals surface area contributed by atoms with Gasteiger partial charge < -0.3 is 24.8 Å². The van der Waals surface area contributed by atoms with E-state index in [1.807, 2.05) is 0 Å². The van der Waals surface area contributed by atoms with Crippen LogP contribution in [0, 0.1) is 0 Å². The number of alkyl carbamates (subject to hydrolysis) is 2. The van der Waals surface area contributed by atoms with Crippen LogP contribution >= 0.6 is 0 Å². The summed E-state index contributed by atoms with van der Waals surface area (Å²) in [6.07, 6.45) is -0.136. The molecule has 0 aromatic carbocycles. The molecule has 0 fully saturated rings. The molecule has 0 saturated heterocycles. The average Bonchev–Trinajstić information content (AvgIpc) is 2.38. The van der Waals surface area contributed by atoms with Crippen molar-refractivity contribution in [2.75, 3.05) is 6.54 Å². The van der Waals surface area contributed by atoms with Crippen LogP contribution < -0.4 is 10.6 Å². The van der Waals surface area contributed by atoms with E-state index in [0.717, 1.165) is 12.5 Å². The molecular weight excluding hydrogens is 284 g/mol. The number of hydrogen-bond acceptors (Lipinski definition) is 7. The molecule has 0 heterocycles. The molecule has 0 rings (SSSR count). The minimum Gasteiger partial charge on any atom is -0.419 e. The normalized spacial score (nSPS) is 10.5. The van der Waals surface area contributed by atoms with Gasteiger partial charge in [-0.2, -0.15) is 0 Å². The van der Waals surface area contributed by atoms with Crippen molar-refractivity contribution in [2.24, 2.45) is 0 Å². The number of rotatable bonds is 7. The molecule has 0 aromatic heterocycles. The van der Waals surface area contributed by atoms with E-state index in [1.54, 1.807) is 0 Å². The van der Waals surface area contributed by atoms with Gasteiger partial charge >= 0.3 is 24.1 Å². The molecule has 116 valence electrons. The summed E-state index contributed by atoms with van der Waals surface area (Å²) in [4.78, 5) is 44.6. The van der Waals surface area contributed by atoms with Gasteiger partial charge in [0, 0.05) is 6.54 Å². The number of nitrogens with one attached hydrogen (secondary N) is 2. The fourth-order valence-electron chi connectivity index (χ4n) is 0.981. The summed E-state index contributed by atoms with van der Waals surface area (Å²) in [7, 11) is 0. The highest BCUT2D eigenvalue weighted by Gasteiger charge is 2.20. The van der Waals surface area contributed by atoms with Gasteiger partial charge in [0.1, 0.15) is 6.04 Å². The summed E-state index contributed by atoms with van der Waals surface area (Å²) in [5.74, 6) is -1.83. The zero-order valence-corrected chi connectivity index (χ0v) is 11.4. The molecule has 0 unspecified atom stereocenters. The van der Waals surface area contributed by atoms with E-state index < -0.39 is 30.2 Å². The van der Waals surface area contributed by atoms with Crippen LogP contribution in [-0.2, 0) is 23.8 Å². The molecule has 0 aliphatic rings. The van der Waals surface area contributed by atoms with E-state index in [1.165, 1.54) is 6.92 Å². The third kappa shape index (κ3) is 8.81. The molecule has 2 amide bonds. The van der Waals surface area contributed by atoms with Gasteiger partial charge in [-0.1, -0.05) is 13.2 Å². The summed E-state index contributed by atoms with van der Waals surface area (Å²) in [6, 6.07) is -1.08. The standard InChI is InChI=1S/C12H16N2O7/c1-4-19-11(17)13-7-6-9(15)21-10(16)8(3)14-12(18)20-5-2/h4-5,8H,1-2,6-7H2,3H3,(H,13,17)(H,14,18)/t8-/m0/s1. The number of ether oxygens (including phenoxy) is 3. The first-order valence-corrected chi connectivity index (χ1v) is 5.78. The predicted octanol–water partition coefficient (Wildman–Crippen LogP) is 0.574. The average molecular weight is 300 g/mol. The zero-order valence-electron chi connectivity index (χ0n) is 11.4. The molecular formula is C12H16N2O7. The van der Waals surface area contributed by atoms with Crippen molar-refractivity contribution in [1.29, 1.82) is 0 Å². The minimum absolute atomic E-state index is 0.0842. The van der Waals surface area contributed by atoms with Gasteiger partial charge in [0.2, 0.25) is 0 Å². The molecule has 0 aliphatic heterocycles. The van der Waals surface area contributed by atoms with Crippen LogP contribution in [-0.4, -0.2) is 36.7 Å². The minimum atomic E-state index is -1.08. The lowest BCUT2D eigenvalue weighted by Gasteiger charge is -2.11. The molecule has 21 heavy (non-hydrogen) atoms. The highest BCUT2D eigenvalue weighted by Crippen LogP contribution is 1.93. The molecule has 0 aromatic rings. The Labute approximate surface area is 120 Å². The number of amides is 2. The maximum Gasteiger partial charge on any atom is 0.412 e. The quantitative estimate of drug-likeness (QED) is 0.305. The summed E-state index contributed by atoms with van der Waals surface area (Å²) in [6.45, 7) is 7.55. The van der Waals surface area contributed by atoms with Gasteiger partial charge in [-0.25, -0.2) is 14.4 Å². The fraction of sp³-hybridized carbons (Fsp3) is 0.333. The smallest absolute Gasteiger partial charge is 0.412 e. The third-order valence-corrected chi connectivity index (χ3v) is 1.88. The number of carbonyl (C=O) groups is 4. The van der Waals surface area contributed by atoms with E-state index in [2.05, 4.69) is 38.0 Å². The summed E-state index contributed by atoms with van der Waals surface area (Å²) in [5, 5.41) is 4.34. The second kappa shape index (κ2) is 10.0. The lowest BCUT2D eigenvalue weighted by atomic mass is 10.3. The largest absolute Gasteiger partial charge is 0.419 e. The molecule has 0 saturated carbocycles. The van der Waals surface area contributed by atoms with Crippen molar-refractivity contribution in [1.82, 2.24) is 10.6 Å².